The molecule has 0 spiro atoms. The van der Waals surface area contributed by atoms with Crippen LogP contribution in [0.15, 0.2) is 24.5 Å². The lowest BCUT2D eigenvalue weighted by Crippen LogP contribution is -2.47. The Bertz CT molecular complexity index is 1500. The van der Waals surface area contributed by atoms with Crippen LogP contribution in [0.4, 0.5) is 19.4 Å². The molecule has 2 aliphatic rings. The van der Waals surface area contributed by atoms with Gasteiger partial charge >= 0.3 is 6.09 Å². The number of ether oxygens (including phenoxy) is 2. The molecule has 0 radical (unpaired) electrons. The number of carbonyl (C=O) groups is 2. The second-order valence-electron chi connectivity index (χ2n) is 11.9. The third-order valence-corrected chi connectivity index (χ3v) is 7.33. The highest BCUT2D eigenvalue weighted by molar-refractivity contribution is 6.06. The lowest BCUT2D eigenvalue weighted by molar-refractivity contribution is -0.0677. The minimum atomic E-state index is -1.08. The monoisotopic (exact) mass is 584 g/mol. The van der Waals surface area contributed by atoms with Gasteiger partial charge in [0.1, 0.15) is 29.6 Å². The van der Waals surface area contributed by atoms with Crippen molar-refractivity contribution in [3.8, 4) is 17.0 Å². The maximum atomic E-state index is 15.0. The molecule has 1 aliphatic heterocycles. The molecule has 5 rings (SSSR count). The molecule has 2 aromatic heterocycles. The van der Waals surface area contributed by atoms with E-state index < -0.39 is 40.6 Å². The van der Waals surface area contributed by atoms with Gasteiger partial charge in [0.25, 0.3) is 5.91 Å². The van der Waals surface area contributed by atoms with Gasteiger partial charge in [-0.2, -0.15) is 0 Å². The molecule has 4 N–H and O–H groups in total. The number of likely N-dealkylation sites (tertiary alicyclic amines) is 1. The molecule has 2 amide bonds. The molecule has 0 unspecified atom stereocenters. The molecule has 1 saturated heterocycles. The highest BCUT2D eigenvalue weighted by atomic mass is 19.1. The van der Waals surface area contributed by atoms with Gasteiger partial charge in [-0.1, -0.05) is 0 Å². The Kier molecular flexibility index (Phi) is 7.88. The number of aliphatic hydroxyl groups is 1. The number of benzene rings is 1. The minimum Gasteiger partial charge on any atom is -0.485 e. The van der Waals surface area contributed by atoms with Gasteiger partial charge in [-0.3, -0.25) is 4.79 Å². The highest BCUT2D eigenvalue weighted by Gasteiger charge is 2.36. The van der Waals surface area contributed by atoms with Crippen LogP contribution < -0.4 is 15.8 Å². The number of amides is 2. The molecule has 1 aromatic carbocycles. The van der Waals surface area contributed by atoms with Crippen LogP contribution in [0.5, 0.6) is 5.75 Å². The highest BCUT2D eigenvalue weighted by Crippen LogP contribution is 2.35. The summed E-state index contributed by atoms with van der Waals surface area (Å²) in [5, 5.41) is 13.5. The van der Waals surface area contributed by atoms with E-state index >= 15 is 8.78 Å². The summed E-state index contributed by atoms with van der Waals surface area (Å²) in [6.07, 6.45) is 4.11. The fourth-order valence-electron chi connectivity index (χ4n) is 5.04. The van der Waals surface area contributed by atoms with Crippen molar-refractivity contribution in [3.63, 3.8) is 0 Å². The number of nitrogens with two attached hydrogens (primary N) is 1. The van der Waals surface area contributed by atoms with Gasteiger partial charge < -0.3 is 30.5 Å². The molecule has 13 heteroatoms. The fourth-order valence-corrected chi connectivity index (χ4v) is 5.04. The molecule has 42 heavy (non-hydrogen) atoms. The zero-order valence-electron chi connectivity index (χ0n) is 23.7. The minimum absolute atomic E-state index is 0.00664. The average Bonchev–Trinajstić information content (AvgIpc) is 2.90. The third kappa shape index (κ3) is 6.35. The number of aromatic nitrogens is 3. The predicted molar refractivity (Wildman–Crippen MR) is 150 cm³/mol. The average molecular weight is 585 g/mol. The number of pyridine rings is 1. The van der Waals surface area contributed by atoms with Crippen LogP contribution in [0.25, 0.3) is 22.3 Å². The summed E-state index contributed by atoms with van der Waals surface area (Å²) in [4.78, 5) is 39.7. The van der Waals surface area contributed by atoms with Crippen LogP contribution in [-0.2, 0) is 4.74 Å². The zero-order chi connectivity index (χ0) is 30.2. The van der Waals surface area contributed by atoms with Crippen LogP contribution in [0.2, 0.25) is 0 Å². The lowest BCUT2D eigenvalue weighted by Gasteiger charge is -2.36. The summed E-state index contributed by atoms with van der Waals surface area (Å²) in [5.74, 6) is -3.11. The van der Waals surface area contributed by atoms with E-state index in [0.29, 0.717) is 25.9 Å². The fraction of sp³-hybridized carbons (Fsp3) is 0.483. The van der Waals surface area contributed by atoms with Gasteiger partial charge in [0.15, 0.2) is 23.2 Å². The van der Waals surface area contributed by atoms with E-state index in [0.717, 1.165) is 31.4 Å². The molecule has 3 aromatic rings. The number of halogens is 2. The predicted octanol–water partition coefficient (Wildman–Crippen LogP) is 4.17. The number of nitrogens with zero attached hydrogens (tertiary/aromatic N) is 4. The van der Waals surface area contributed by atoms with E-state index in [-0.39, 0.29) is 46.3 Å². The van der Waals surface area contributed by atoms with E-state index in [1.807, 2.05) is 0 Å². The van der Waals surface area contributed by atoms with Gasteiger partial charge in [-0.25, -0.2) is 28.5 Å². The Hall–Kier alpha value is -4.13. The molecule has 1 saturated carbocycles. The van der Waals surface area contributed by atoms with Crippen molar-refractivity contribution in [1.82, 2.24) is 19.9 Å². The number of hydrogen-bond acceptors (Lipinski definition) is 9. The molecule has 1 aliphatic carbocycles. The first-order chi connectivity index (χ1) is 19.8. The van der Waals surface area contributed by atoms with E-state index in [2.05, 4.69) is 20.3 Å². The van der Waals surface area contributed by atoms with E-state index in [4.69, 9.17) is 15.2 Å². The largest absolute Gasteiger partial charge is 0.485 e. The summed E-state index contributed by atoms with van der Waals surface area (Å²) < 4.78 is 40.8. The van der Waals surface area contributed by atoms with Gasteiger partial charge in [0.2, 0.25) is 0 Å². The molecule has 0 bridgehead atoms. The summed E-state index contributed by atoms with van der Waals surface area (Å²) in [6, 6.07) is 3.18. The summed E-state index contributed by atoms with van der Waals surface area (Å²) in [6.45, 7) is 6.07. The molecule has 3 heterocycles. The third-order valence-electron chi connectivity index (χ3n) is 7.33. The van der Waals surface area contributed by atoms with E-state index in [1.54, 1.807) is 25.7 Å². The Morgan fingerprint density at radius 3 is 2.48 bits per heavy atom. The van der Waals surface area contributed by atoms with Gasteiger partial charge in [0.05, 0.1) is 16.9 Å². The molecular formula is C29H34F2N6O5. The van der Waals surface area contributed by atoms with Crippen LogP contribution in [0, 0.1) is 11.6 Å². The Morgan fingerprint density at radius 2 is 1.86 bits per heavy atom. The first-order valence-corrected chi connectivity index (χ1v) is 13.9. The van der Waals surface area contributed by atoms with Crippen molar-refractivity contribution in [2.24, 2.45) is 5.73 Å². The second kappa shape index (κ2) is 11.3. The first-order valence-electron chi connectivity index (χ1n) is 13.9. The van der Waals surface area contributed by atoms with Crippen molar-refractivity contribution in [3.05, 3.63) is 41.7 Å². The normalized spacial score (nSPS) is 18.3. The number of piperidine rings is 1. The molecule has 1 atom stereocenters. The number of rotatable bonds is 7. The molecular weight excluding hydrogens is 550 g/mol. The van der Waals surface area contributed by atoms with Crippen LogP contribution >= 0.6 is 0 Å². The summed E-state index contributed by atoms with van der Waals surface area (Å²) >= 11 is 0. The van der Waals surface area contributed by atoms with Crippen LogP contribution in [-0.4, -0.2) is 73.9 Å². The number of hydrogen-bond donors (Lipinski definition) is 3. The van der Waals surface area contributed by atoms with Gasteiger partial charge in [0, 0.05) is 24.7 Å². The Labute approximate surface area is 241 Å². The maximum absolute atomic E-state index is 15.0. The van der Waals surface area contributed by atoms with Gasteiger partial charge in [-0.15, -0.1) is 0 Å². The summed E-state index contributed by atoms with van der Waals surface area (Å²) in [7, 11) is 0. The van der Waals surface area contributed by atoms with Crippen molar-refractivity contribution in [1.29, 1.82) is 0 Å². The molecule has 11 nitrogen and oxygen atoms in total. The van der Waals surface area contributed by atoms with Crippen molar-refractivity contribution < 1.29 is 33.0 Å². The number of fused-ring (bicyclic) bond motifs is 1. The van der Waals surface area contributed by atoms with E-state index in [9.17, 15) is 14.7 Å². The molecule has 224 valence electrons. The van der Waals surface area contributed by atoms with Gasteiger partial charge in [-0.05, 0) is 71.1 Å². The first kappa shape index (κ1) is 29.4. The van der Waals surface area contributed by atoms with Crippen LogP contribution in [0.3, 0.4) is 0 Å². The number of primary amides is 1. The quantitative estimate of drug-likeness (QED) is 0.371. The number of anilines is 1. The van der Waals surface area contributed by atoms with E-state index in [1.165, 1.54) is 12.4 Å². The molecule has 2 fully saturated rings. The summed E-state index contributed by atoms with van der Waals surface area (Å²) in [5.41, 5.74) is 4.36. The standard InChI is InChI=1S/C29H34F2N6O5/c1-28(2,3)42-27(39)37-9-4-6-17(13-37)35-26-23-22(33-15-34-26)18(25(32)38)12-21(36-23)16-10-19(30)24(20(31)11-16)41-14-29(40)7-5-8-29/h10-12,15,17,40H,4-9,13-14H2,1-3H3,(H2,32,38)(H,33,34,35)/t17-/m0/s1. The smallest absolute Gasteiger partial charge is 0.410 e. The maximum Gasteiger partial charge on any atom is 0.410 e. The van der Waals surface area contributed by atoms with Crippen molar-refractivity contribution >= 4 is 28.9 Å². The topological polar surface area (TPSA) is 153 Å². The number of carbonyl (C=O) groups excluding carboxylic acids is 2. The van der Waals surface area contributed by atoms with Crippen molar-refractivity contribution in [2.75, 3.05) is 25.0 Å². The lowest BCUT2D eigenvalue weighted by atomic mass is 9.81. The Balaban J connectivity index is 1.45. The van der Waals surface area contributed by atoms with Crippen molar-refractivity contribution in [2.45, 2.75) is 70.1 Å². The number of nitrogens with one attached hydrogen (secondary N) is 1. The Morgan fingerprint density at radius 1 is 1.14 bits per heavy atom. The van der Waals surface area contributed by atoms with Crippen LogP contribution in [0.1, 0.15) is 63.2 Å². The SMILES string of the molecule is CC(C)(C)OC(=O)N1CCC[C@H](Nc2ncnc3c(C(N)=O)cc(-c4cc(F)c(OCC5(O)CCC5)c(F)c4)nc23)C1. The second-order valence-corrected chi connectivity index (χ2v) is 11.9. The zero-order valence-corrected chi connectivity index (χ0v) is 23.7.